The Morgan fingerprint density at radius 2 is 1.89 bits per heavy atom. The average Bonchev–Trinajstić information content (AvgIpc) is 3.30. The zero-order valence-corrected chi connectivity index (χ0v) is 16.4. The highest BCUT2D eigenvalue weighted by atomic mass is 32.2. The first-order valence-electron chi connectivity index (χ1n) is 8.27. The predicted molar refractivity (Wildman–Crippen MR) is 97.4 cm³/mol. The monoisotopic (exact) mass is 405 g/mol. The molecule has 0 saturated heterocycles. The van der Waals surface area contributed by atoms with E-state index >= 15 is 0 Å². The summed E-state index contributed by atoms with van der Waals surface area (Å²) in [5.41, 5.74) is 1.90. The van der Waals surface area contributed by atoms with Crippen LogP contribution in [0.15, 0.2) is 45.9 Å². The van der Waals surface area contributed by atoms with Gasteiger partial charge in [0.25, 0.3) is 10.0 Å². The fourth-order valence-electron chi connectivity index (χ4n) is 2.20. The topological polar surface area (TPSA) is 120 Å². The number of hydrogen-bond donors (Lipinski definition) is 0. The molecule has 0 fully saturated rings. The van der Waals surface area contributed by atoms with Crippen LogP contribution < -0.4 is 0 Å². The maximum absolute atomic E-state index is 12.0. The summed E-state index contributed by atoms with van der Waals surface area (Å²) in [5, 5.41) is 11.7. The van der Waals surface area contributed by atoms with Crippen LogP contribution in [0.4, 0.5) is 0 Å². The Morgan fingerprint density at radius 1 is 1.18 bits per heavy atom. The molecule has 0 amide bonds. The molecule has 0 spiro atoms. The van der Waals surface area contributed by atoms with Crippen molar-refractivity contribution in [3.63, 3.8) is 0 Å². The molecule has 3 rings (SSSR count). The first-order chi connectivity index (χ1) is 13.3. The molecule has 2 heterocycles. The number of carbonyl (C=O) groups excluding carboxylic acids is 1. The van der Waals surface area contributed by atoms with E-state index in [1.807, 2.05) is 31.2 Å². The molecule has 0 radical (unpaired) electrons. The van der Waals surface area contributed by atoms with Crippen molar-refractivity contribution in [2.24, 2.45) is 0 Å². The van der Waals surface area contributed by atoms with Crippen LogP contribution in [0.2, 0.25) is 0 Å². The van der Waals surface area contributed by atoms with E-state index in [0.29, 0.717) is 5.82 Å². The van der Waals surface area contributed by atoms with Crippen molar-refractivity contribution in [1.29, 1.82) is 0 Å². The Bertz CT molecular complexity index is 1070. The molecule has 0 unspecified atom stereocenters. The van der Waals surface area contributed by atoms with Crippen molar-refractivity contribution >= 4 is 16.0 Å². The van der Waals surface area contributed by atoms with Gasteiger partial charge in [0.05, 0.1) is 0 Å². The molecule has 0 aliphatic rings. The molecule has 0 bridgehead atoms. The summed E-state index contributed by atoms with van der Waals surface area (Å²) in [5.74, 6) is -0.000639. The van der Waals surface area contributed by atoms with E-state index in [1.165, 1.54) is 26.2 Å². The van der Waals surface area contributed by atoms with Crippen molar-refractivity contribution in [2.45, 2.75) is 25.2 Å². The number of carbonyl (C=O) groups is 1. The molecular formula is C17H19N5O5S. The van der Waals surface area contributed by atoms with E-state index < -0.39 is 16.0 Å². The average molecular weight is 405 g/mol. The molecule has 3 aromatic rings. The lowest BCUT2D eigenvalue weighted by Gasteiger charge is -2.07. The number of rotatable bonds is 7. The molecule has 148 valence electrons. The molecule has 1 aromatic carbocycles. The highest BCUT2D eigenvalue weighted by Crippen LogP contribution is 2.17. The van der Waals surface area contributed by atoms with Crippen molar-refractivity contribution in [2.75, 3.05) is 14.1 Å². The number of esters is 1. The molecule has 11 heteroatoms. The van der Waals surface area contributed by atoms with Crippen molar-refractivity contribution < 1.29 is 22.4 Å². The van der Waals surface area contributed by atoms with E-state index in [0.717, 1.165) is 20.2 Å². The normalized spacial score (nSPS) is 11.7. The van der Waals surface area contributed by atoms with Gasteiger partial charge in [-0.3, -0.25) is 0 Å². The molecule has 10 nitrogen and oxygen atoms in total. The second-order valence-corrected chi connectivity index (χ2v) is 8.26. The molecule has 28 heavy (non-hydrogen) atoms. The van der Waals surface area contributed by atoms with Crippen LogP contribution in [0.25, 0.3) is 11.4 Å². The van der Waals surface area contributed by atoms with Crippen LogP contribution in [-0.4, -0.2) is 53.0 Å². The third kappa shape index (κ3) is 4.43. The summed E-state index contributed by atoms with van der Waals surface area (Å²) in [7, 11) is -0.883. The quantitative estimate of drug-likeness (QED) is 0.538. The highest BCUT2D eigenvalue weighted by Gasteiger charge is 2.22. The van der Waals surface area contributed by atoms with Crippen LogP contribution in [0, 0.1) is 6.92 Å². The summed E-state index contributed by atoms with van der Waals surface area (Å²) < 4.78 is 35.3. The van der Waals surface area contributed by atoms with E-state index in [4.69, 9.17) is 9.15 Å². The molecule has 0 N–H and O–H groups in total. The Balaban J connectivity index is 1.57. The predicted octanol–water partition coefficient (Wildman–Crippen LogP) is 1.24. The summed E-state index contributed by atoms with van der Waals surface area (Å²) >= 11 is 0. The van der Waals surface area contributed by atoms with Gasteiger partial charge in [-0.15, -0.1) is 10.2 Å². The van der Waals surface area contributed by atoms with Gasteiger partial charge in [0.2, 0.25) is 10.9 Å². The Morgan fingerprint density at radius 3 is 2.57 bits per heavy atom. The fourth-order valence-corrected chi connectivity index (χ4v) is 3.01. The van der Waals surface area contributed by atoms with Gasteiger partial charge >= 0.3 is 5.97 Å². The SMILES string of the molecule is Cc1ccc(-c2nnn(CC(=O)OCc3ccc(S(=O)(=O)N(C)C)o3)n2)cc1. The number of furan rings is 1. The smallest absolute Gasteiger partial charge is 0.330 e. The Labute approximate surface area is 161 Å². The first kappa shape index (κ1) is 19.7. The number of hydrogen-bond acceptors (Lipinski definition) is 8. The van der Waals surface area contributed by atoms with Crippen molar-refractivity contribution in [3.8, 4) is 11.4 Å². The number of benzene rings is 1. The van der Waals surface area contributed by atoms with Gasteiger partial charge in [0, 0.05) is 19.7 Å². The van der Waals surface area contributed by atoms with Gasteiger partial charge in [-0.25, -0.2) is 17.5 Å². The molecule has 0 saturated carbocycles. The van der Waals surface area contributed by atoms with Gasteiger partial charge in [-0.05, 0) is 24.3 Å². The first-order valence-corrected chi connectivity index (χ1v) is 9.71. The molecule has 0 aliphatic carbocycles. The summed E-state index contributed by atoms with van der Waals surface area (Å²) in [6.07, 6.45) is 0. The number of aryl methyl sites for hydroxylation is 1. The van der Waals surface area contributed by atoms with Crippen molar-refractivity contribution in [3.05, 3.63) is 47.7 Å². The number of nitrogens with zero attached hydrogens (tertiary/aromatic N) is 5. The second kappa shape index (κ2) is 7.90. The Hall–Kier alpha value is -3.05. The number of sulfonamides is 1. The summed E-state index contributed by atoms with van der Waals surface area (Å²) in [4.78, 5) is 13.1. The van der Waals surface area contributed by atoms with Crippen LogP contribution >= 0.6 is 0 Å². The third-order valence-electron chi connectivity index (χ3n) is 3.78. The lowest BCUT2D eigenvalue weighted by atomic mass is 10.1. The molecule has 2 aromatic heterocycles. The fraction of sp³-hybridized carbons (Fsp3) is 0.294. The van der Waals surface area contributed by atoms with Gasteiger partial charge in [0.1, 0.15) is 12.4 Å². The minimum Gasteiger partial charge on any atom is -0.456 e. The third-order valence-corrected chi connectivity index (χ3v) is 5.47. The minimum absolute atomic E-state index is 0.207. The maximum atomic E-state index is 12.0. The van der Waals surface area contributed by atoms with E-state index in [2.05, 4.69) is 15.4 Å². The van der Waals surface area contributed by atoms with Gasteiger partial charge in [-0.1, -0.05) is 29.8 Å². The zero-order valence-electron chi connectivity index (χ0n) is 15.6. The van der Waals surface area contributed by atoms with Crippen LogP contribution in [0.1, 0.15) is 11.3 Å². The maximum Gasteiger partial charge on any atom is 0.330 e. The van der Waals surface area contributed by atoms with E-state index in [9.17, 15) is 13.2 Å². The standard InChI is InChI=1S/C17H19N5O5S/c1-12-4-6-13(7-5-12)17-18-20-22(19-17)10-15(23)26-11-14-8-9-16(27-14)28(24,25)21(2)3/h4-9H,10-11H2,1-3H3. The van der Waals surface area contributed by atoms with Crippen LogP contribution in [-0.2, 0) is 32.7 Å². The van der Waals surface area contributed by atoms with Crippen molar-refractivity contribution in [1.82, 2.24) is 24.5 Å². The summed E-state index contributed by atoms with van der Waals surface area (Å²) in [6, 6.07) is 10.3. The van der Waals surface area contributed by atoms with Gasteiger partial charge < -0.3 is 9.15 Å². The zero-order chi connectivity index (χ0) is 20.3. The largest absolute Gasteiger partial charge is 0.456 e. The van der Waals surface area contributed by atoms with Gasteiger partial charge in [0.15, 0.2) is 6.54 Å². The second-order valence-electron chi connectivity index (χ2n) is 6.18. The molecular weight excluding hydrogens is 386 g/mol. The van der Waals surface area contributed by atoms with E-state index in [1.54, 1.807) is 0 Å². The summed E-state index contributed by atoms with van der Waals surface area (Å²) in [6.45, 7) is 1.53. The van der Waals surface area contributed by atoms with Crippen LogP contribution in [0.5, 0.6) is 0 Å². The highest BCUT2D eigenvalue weighted by molar-refractivity contribution is 7.88. The van der Waals surface area contributed by atoms with Gasteiger partial charge in [-0.2, -0.15) is 4.80 Å². The lowest BCUT2D eigenvalue weighted by Crippen LogP contribution is -2.21. The molecule has 0 atom stereocenters. The molecule has 0 aliphatic heterocycles. The number of aromatic nitrogens is 4. The lowest BCUT2D eigenvalue weighted by molar-refractivity contribution is -0.146. The number of ether oxygens (including phenoxy) is 1. The van der Waals surface area contributed by atoms with E-state index in [-0.39, 0.29) is 24.0 Å². The number of tetrazole rings is 1. The minimum atomic E-state index is -3.68. The Kier molecular flexibility index (Phi) is 5.56. The van der Waals surface area contributed by atoms with Crippen LogP contribution in [0.3, 0.4) is 0 Å².